The van der Waals surface area contributed by atoms with Crippen LogP contribution in [0.25, 0.3) is 33.4 Å². The Morgan fingerprint density at radius 3 is 0.944 bits per heavy atom. The van der Waals surface area contributed by atoms with E-state index in [2.05, 4.69) is 55.5 Å². The Kier molecular flexibility index (Phi) is 21.5. The summed E-state index contributed by atoms with van der Waals surface area (Å²) in [7, 11) is 3.31. The number of esters is 2. The van der Waals surface area contributed by atoms with Crippen molar-refractivity contribution < 1.29 is 57.7 Å². The molecule has 0 amide bonds. The number of halogens is 2. The molecule has 2 aliphatic heterocycles. The third-order valence-corrected chi connectivity index (χ3v) is 11.2. The van der Waals surface area contributed by atoms with Crippen LogP contribution in [0.5, 0.6) is 11.5 Å². The predicted octanol–water partition coefficient (Wildman–Crippen LogP) is 11.5. The van der Waals surface area contributed by atoms with E-state index < -0.39 is 47.9 Å². The number of hydrogen-bond donors (Lipinski definition) is 2. The monoisotopic (exact) mass is 1010 g/mol. The standard InChI is InChI=1S/C35H34O7.C14H14O.C7H14O4.CH2Cl2/c1-23-5-7-24(8-6-23)25-9-13-28(14-10-25)33(36)39-21-31-32(42-35(2,3)41-31)22-40-34(37)29-15-11-26(12-16-29)27-17-19-30(38-4)20-18-27;1-11-3-5-12(6-4-11)13-7-9-14(15-2)10-8-13;1-7(2)10-5(3-8)6(4-9)11-7;2-1-3/h5-20,31-32H,21-22H2,1-4H3;3-10H,1-2H3;5-6,8-9H,3-4H2,1-2H3;1H2/t31-,32-;;5-,6-;/m1.1./s1. The SMILES string of the molecule is CC1(C)O[C@H](CO)[C@@H](CO)O1.COc1ccc(-c2ccc(C(=O)OC[C@H]3OC(C)(C)O[C@@H]3COC(=O)c3ccc(-c4ccc(C)cc4)cc3)cc2)cc1.COc1ccc(-c2ccc(C)cc2)cc1.ClCCl. The summed E-state index contributed by atoms with van der Waals surface area (Å²) >= 11 is 9.53. The summed E-state index contributed by atoms with van der Waals surface area (Å²) in [4.78, 5) is 25.5. The van der Waals surface area contributed by atoms with Crippen LogP contribution in [0.3, 0.4) is 0 Å². The van der Waals surface area contributed by atoms with Gasteiger partial charge in [-0.1, -0.05) is 108 Å². The lowest BCUT2D eigenvalue weighted by atomic mass is 10.0. The minimum absolute atomic E-state index is 0.0409. The molecule has 0 aliphatic carbocycles. The van der Waals surface area contributed by atoms with Gasteiger partial charge in [-0.05, 0) is 123 Å². The Morgan fingerprint density at radius 1 is 0.451 bits per heavy atom. The molecule has 2 N–H and O–H groups in total. The Hall–Kier alpha value is -5.80. The summed E-state index contributed by atoms with van der Waals surface area (Å²) in [6, 6.07) is 47.0. The van der Waals surface area contributed by atoms with E-state index in [9.17, 15) is 9.59 Å². The van der Waals surface area contributed by atoms with Gasteiger partial charge in [0.15, 0.2) is 11.6 Å². The van der Waals surface area contributed by atoms with Gasteiger partial charge in [0, 0.05) is 0 Å². The van der Waals surface area contributed by atoms with E-state index in [0.717, 1.165) is 33.8 Å². The average molecular weight is 1010 g/mol. The highest BCUT2D eigenvalue weighted by atomic mass is 35.5. The van der Waals surface area contributed by atoms with Crippen molar-refractivity contribution >= 4 is 35.1 Å². The Morgan fingerprint density at radius 2 is 0.690 bits per heavy atom. The molecule has 0 bridgehead atoms. The number of aliphatic hydroxyl groups is 2. The van der Waals surface area contributed by atoms with Gasteiger partial charge in [-0.3, -0.25) is 0 Å². The third-order valence-electron chi connectivity index (χ3n) is 11.2. The molecule has 2 fully saturated rings. The zero-order valence-electron chi connectivity index (χ0n) is 41.4. The van der Waals surface area contributed by atoms with Crippen molar-refractivity contribution in [3.63, 3.8) is 0 Å². The number of carbonyl (C=O) groups excluding carboxylic acids is 2. The van der Waals surface area contributed by atoms with Gasteiger partial charge < -0.3 is 48.1 Å². The fourth-order valence-corrected chi connectivity index (χ4v) is 7.55. The molecule has 6 aromatic carbocycles. The van der Waals surface area contributed by atoms with E-state index in [4.69, 9.17) is 71.3 Å². The summed E-state index contributed by atoms with van der Waals surface area (Å²) in [6.07, 6.45) is -1.98. The number of carbonyl (C=O) groups is 2. The smallest absolute Gasteiger partial charge is 0.338 e. The van der Waals surface area contributed by atoms with Crippen molar-refractivity contribution in [3.05, 3.63) is 168 Å². The fraction of sp³-hybridized carbons (Fsp3) is 0.333. The molecule has 2 heterocycles. The van der Waals surface area contributed by atoms with Crippen LogP contribution in [0.15, 0.2) is 146 Å². The van der Waals surface area contributed by atoms with Gasteiger partial charge in [0.2, 0.25) is 0 Å². The number of ether oxygens (including phenoxy) is 8. The largest absolute Gasteiger partial charge is 0.497 e. The van der Waals surface area contributed by atoms with E-state index in [-0.39, 0.29) is 31.8 Å². The van der Waals surface area contributed by atoms with Crippen LogP contribution in [-0.2, 0) is 28.4 Å². The van der Waals surface area contributed by atoms with Crippen LogP contribution in [0, 0.1) is 13.8 Å². The summed E-state index contributed by atoms with van der Waals surface area (Å²) in [6.45, 7) is 10.9. The number of aryl methyl sites for hydroxylation is 2. The fourth-order valence-electron chi connectivity index (χ4n) is 7.55. The van der Waals surface area contributed by atoms with Gasteiger partial charge in [-0.25, -0.2) is 9.59 Å². The molecule has 2 saturated heterocycles. The van der Waals surface area contributed by atoms with Gasteiger partial charge in [0.05, 0.1) is 43.9 Å². The lowest BCUT2D eigenvalue weighted by molar-refractivity contribution is -0.152. The van der Waals surface area contributed by atoms with E-state index >= 15 is 0 Å². The normalized spacial score (nSPS) is 18.3. The van der Waals surface area contributed by atoms with Crippen LogP contribution in [0.1, 0.15) is 59.5 Å². The minimum Gasteiger partial charge on any atom is -0.497 e. The highest BCUT2D eigenvalue weighted by molar-refractivity contribution is 6.40. The van der Waals surface area contributed by atoms with Crippen molar-refractivity contribution in [3.8, 4) is 44.9 Å². The van der Waals surface area contributed by atoms with Crippen LogP contribution in [0.2, 0.25) is 0 Å². The highest BCUT2D eigenvalue weighted by Crippen LogP contribution is 2.31. The third kappa shape index (κ3) is 17.2. The first-order valence-electron chi connectivity index (χ1n) is 23.0. The zero-order chi connectivity index (χ0) is 51.6. The molecular formula is C57H64Cl2O12. The topological polar surface area (TPSA) is 148 Å². The second-order valence-electron chi connectivity index (χ2n) is 17.4. The first-order chi connectivity index (χ1) is 34.0. The van der Waals surface area contributed by atoms with Crippen molar-refractivity contribution in [2.24, 2.45) is 0 Å². The van der Waals surface area contributed by atoms with E-state index in [1.165, 1.54) is 22.3 Å². The maximum absolute atomic E-state index is 12.8. The number of alkyl halides is 2. The molecule has 12 nitrogen and oxygen atoms in total. The Labute approximate surface area is 427 Å². The number of methoxy groups -OCH3 is 2. The lowest BCUT2D eigenvalue weighted by Crippen LogP contribution is -2.33. The van der Waals surface area contributed by atoms with Gasteiger partial charge in [-0.15, -0.1) is 23.2 Å². The second-order valence-corrected chi connectivity index (χ2v) is 18.2. The Balaban J connectivity index is 0.000000261. The molecule has 2 aliphatic rings. The maximum atomic E-state index is 12.8. The summed E-state index contributed by atoms with van der Waals surface area (Å²) in [5.74, 6) is -0.864. The highest BCUT2D eigenvalue weighted by Gasteiger charge is 2.43. The summed E-state index contributed by atoms with van der Waals surface area (Å²) in [5.41, 5.74) is 9.85. The quantitative estimate of drug-likeness (QED) is 0.0838. The van der Waals surface area contributed by atoms with Crippen LogP contribution < -0.4 is 9.47 Å². The van der Waals surface area contributed by atoms with Crippen LogP contribution >= 0.6 is 23.2 Å². The number of benzene rings is 6. The summed E-state index contributed by atoms with van der Waals surface area (Å²) < 4.78 is 43.9. The van der Waals surface area contributed by atoms with Crippen molar-refractivity contribution in [2.45, 2.75) is 77.5 Å². The number of hydrogen-bond acceptors (Lipinski definition) is 12. The zero-order valence-corrected chi connectivity index (χ0v) is 42.9. The molecule has 6 aromatic rings. The second kappa shape index (κ2) is 27.1. The minimum atomic E-state index is -0.913. The maximum Gasteiger partial charge on any atom is 0.338 e. The van der Waals surface area contributed by atoms with Gasteiger partial charge >= 0.3 is 11.9 Å². The van der Waals surface area contributed by atoms with Gasteiger partial charge in [0.1, 0.15) is 49.1 Å². The predicted molar refractivity (Wildman–Crippen MR) is 277 cm³/mol. The average Bonchev–Trinajstić information content (AvgIpc) is 3.87. The van der Waals surface area contributed by atoms with Gasteiger partial charge in [0.25, 0.3) is 0 Å². The van der Waals surface area contributed by atoms with Crippen LogP contribution in [-0.4, -0.2) is 104 Å². The van der Waals surface area contributed by atoms with Crippen molar-refractivity contribution in [1.29, 1.82) is 0 Å². The molecule has 0 spiro atoms. The molecule has 0 radical (unpaired) electrons. The first-order valence-corrected chi connectivity index (χ1v) is 24.1. The molecule has 71 heavy (non-hydrogen) atoms. The molecule has 4 atom stereocenters. The molecule has 0 aromatic heterocycles. The molecule has 14 heteroatoms. The molecule has 0 unspecified atom stereocenters. The van der Waals surface area contributed by atoms with Gasteiger partial charge in [-0.2, -0.15) is 0 Å². The molecule has 378 valence electrons. The number of aliphatic hydroxyl groups excluding tert-OH is 2. The van der Waals surface area contributed by atoms with E-state index in [0.29, 0.717) is 11.1 Å². The molecule has 8 rings (SSSR count). The van der Waals surface area contributed by atoms with Crippen molar-refractivity contribution in [1.82, 2.24) is 0 Å². The lowest BCUT2D eigenvalue weighted by Gasteiger charge is -2.17. The van der Waals surface area contributed by atoms with Crippen molar-refractivity contribution in [2.75, 3.05) is 46.0 Å². The summed E-state index contributed by atoms with van der Waals surface area (Å²) in [5, 5.41) is 17.8. The molecule has 0 saturated carbocycles. The Bertz CT molecular complexity index is 2520. The van der Waals surface area contributed by atoms with Crippen LogP contribution in [0.4, 0.5) is 0 Å². The number of rotatable bonds is 13. The first kappa shape index (κ1) is 56.1. The molecular weight excluding hydrogens is 948 g/mol. The van der Waals surface area contributed by atoms with E-state index in [1.54, 1.807) is 66.2 Å². The van der Waals surface area contributed by atoms with E-state index in [1.807, 2.05) is 79.7 Å².